The van der Waals surface area contributed by atoms with Gasteiger partial charge in [0.1, 0.15) is 0 Å². The largest absolute Gasteiger partial charge is 0.393 e. The average molecular weight is 226 g/mol. The third-order valence-electron chi connectivity index (χ3n) is 3.56. The molecule has 1 saturated carbocycles. The predicted molar refractivity (Wildman–Crippen MR) is 63.4 cm³/mol. The summed E-state index contributed by atoms with van der Waals surface area (Å²) in [6, 6.07) is 0. The highest BCUT2D eigenvalue weighted by Crippen LogP contribution is 2.39. The van der Waals surface area contributed by atoms with Gasteiger partial charge in [-0.25, -0.2) is 0 Å². The molecule has 1 aliphatic heterocycles. The van der Waals surface area contributed by atoms with Gasteiger partial charge < -0.3 is 10.6 Å². The van der Waals surface area contributed by atoms with Crippen LogP contribution in [0.25, 0.3) is 0 Å². The number of carbonyl (C=O) groups excluding carboxylic acids is 1. The van der Waals surface area contributed by atoms with Gasteiger partial charge >= 0.3 is 0 Å². The number of carbonyl (C=O) groups is 1. The molecule has 1 saturated heterocycles. The SMILES string of the molecule is CC1CC1C(=O)N1CCCC(C(N)=S)C1. The van der Waals surface area contributed by atoms with E-state index < -0.39 is 0 Å². The summed E-state index contributed by atoms with van der Waals surface area (Å²) >= 11 is 5.00. The standard InChI is InChI=1S/C11H18N2OS/c1-7-5-9(7)11(14)13-4-2-3-8(6-13)10(12)15/h7-9H,2-6H2,1H3,(H2,12,15). The molecule has 0 aromatic carbocycles. The van der Waals surface area contributed by atoms with E-state index in [-0.39, 0.29) is 11.8 Å². The number of rotatable bonds is 2. The quantitative estimate of drug-likeness (QED) is 0.719. The topological polar surface area (TPSA) is 46.3 Å². The van der Waals surface area contributed by atoms with Gasteiger partial charge in [0, 0.05) is 24.9 Å². The lowest BCUT2D eigenvalue weighted by atomic mass is 9.97. The van der Waals surface area contributed by atoms with Crippen molar-refractivity contribution in [2.45, 2.75) is 26.2 Å². The molecule has 3 atom stereocenters. The summed E-state index contributed by atoms with van der Waals surface area (Å²) in [4.78, 5) is 14.5. The van der Waals surface area contributed by atoms with Crippen LogP contribution < -0.4 is 5.73 Å². The Hall–Kier alpha value is -0.640. The molecule has 1 heterocycles. The summed E-state index contributed by atoms with van der Waals surface area (Å²) in [6.07, 6.45) is 3.14. The molecule has 2 rings (SSSR count). The molecule has 15 heavy (non-hydrogen) atoms. The Labute approximate surface area is 96.0 Å². The van der Waals surface area contributed by atoms with Crippen LogP contribution in [-0.2, 0) is 4.79 Å². The van der Waals surface area contributed by atoms with Crippen LogP contribution in [0.4, 0.5) is 0 Å². The molecule has 0 radical (unpaired) electrons. The van der Waals surface area contributed by atoms with Gasteiger partial charge in [0.05, 0.1) is 4.99 Å². The van der Waals surface area contributed by atoms with Crippen molar-refractivity contribution in [1.82, 2.24) is 4.90 Å². The summed E-state index contributed by atoms with van der Waals surface area (Å²) in [5.74, 6) is 1.44. The Balaban J connectivity index is 1.92. The Kier molecular flexibility index (Phi) is 2.96. The maximum Gasteiger partial charge on any atom is 0.225 e. The molecule has 0 spiro atoms. The van der Waals surface area contributed by atoms with Crippen molar-refractivity contribution in [3.05, 3.63) is 0 Å². The molecule has 2 fully saturated rings. The maximum absolute atomic E-state index is 12.0. The van der Waals surface area contributed by atoms with Crippen LogP contribution in [0.3, 0.4) is 0 Å². The van der Waals surface area contributed by atoms with Gasteiger partial charge in [0.2, 0.25) is 5.91 Å². The lowest BCUT2D eigenvalue weighted by Gasteiger charge is -2.32. The van der Waals surface area contributed by atoms with Gasteiger partial charge in [-0.3, -0.25) is 4.79 Å². The number of piperidine rings is 1. The van der Waals surface area contributed by atoms with E-state index in [0.717, 1.165) is 32.4 Å². The predicted octanol–water partition coefficient (Wildman–Crippen LogP) is 1.17. The third-order valence-corrected chi connectivity index (χ3v) is 3.90. The zero-order valence-electron chi connectivity index (χ0n) is 9.11. The van der Waals surface area contributed by atoms with Crippen molar-refractivity contribution < 1.29 is 4.79 Å². The molecule has 84 valence electrons. The summed E-state index contributed by atoms with van der Waals surface area (Å²) in [5.41, 5.74) is 5.64. The second-order valence-corrected chi connectivity index (χ2v) is 5.32. The van der Waals surface area contributed by atoms with Gasteiger partial charge in [-0.1, -0.05) is 19.1 Å². The molecule has 1 amide bonds. The minimum atomic E-state index is 0.242. The second kappa shape index (κ2) is 4.08. The number of nitrogens with two attached hydrogens (primary N) is 1. The van der Waals surface area contributed by atoms with E-state index in [9.17, 15) is 4.79 Å². The van der Waals surface area contributed by atoms with Crippen molar-refractivity contribution in [3.8, 4) is 0 Å². The number of amides is 1. The fraction of sp³-hybridized carbons (Fsp3) is 0.818. The highest BCUT2D eigenvalue weighted by Gasteiger charge is 2.42. The molecular formula is C11H18N2OS. The Bertz CT molecular complexity index is 292. The Morgan fingerprint density at radius 1 is 1.53 bits per heavy atom. The van der Waals surface area contributed by atoms with Crippen molar-refractivity contribution in [2.75, 3.05) is 13.1 Å². The normalized spacial score (nSPS) is 35.0. The van der Waals surface area contributed by atoms with E-state index in [1.54, 1.807) is 0 Å². The fourth-order valence-corrected chi connectivity index (χ4v) is 2.50. The number of nitrogens with zero attached hydrogens (tertiary/aromatic N) is 1. The monoisotopic (exact) mass is 226 g/mol. The smallest absolute Gasteiger partial charge is 0.225 e. The van der Waals surface area contributed by atoms with Crippen LogP contribution in [0.2, 0.25) is 0 Å². The summed E-state index contributed by atoms with van der Waals surface area (Å²) in [6.45, 7) is 3.77. The third kappa shape index (κ3) is 2.30. The van der Waals surface area contributed by atoms with Gasteiger partial charge in [-0.05, 0) is 25.2 Å². The van der Waals surface area contributed by atoms with Crippen LogP contribution in [0, 0.1) is 17.8 Å². The lowest BCUT2D eigenvalue weighted by molar-refractivity contribution is -0.134. The fourth-order valence-electron chi connectivity index (χ4n) is 2.31. The average Bonchev–Trinajstić information content (AvgIpc) is 2.94. The highest BCUT2D eigenvalue weighted by molar-refractivity contribution is 7.80. The van der Waals surface area contributed by atoms with E-state index in [4.69, 9.17) is 18.0 Å². The van der Waals surface area contributed by atoms with Gasteiger partial charge in [-0.15, -0.1) is 0 Å². The van der Waals surface area contributed by atoms with E-state index in [2.05, 4.69) is 6.92 Å². The highest BCUT2D eigenvalue weighted by atomic mass is 32.1. The minimum absolute atomic E-state index is 0.242. The van der Waals surface area contributed by atoms with Crippen molar-refractivity contribution >= 4 is 23.1 Å². The molecule has 1 aliphatic carbocycles. The van der Waals surface area contributed by atoms with Gasteiger partial charge in [0.15, 0.2) is 0 Å². The molecule has 0 bridgehead atoms. The number of thiocarbonyl (C=S) groups is 1. The zero-order valence-corrected chi connectivity index (χ0v) is 9.93. The van der Waals surface area contributed by atoms with Crippen LogP contribution in [-0.4, -0.2) is 28.9 Å². The van der Waals surface area contributed by atoms with Crippen molar-refractivity contribution in [2.24, 2.45) is 23.5 Å². The molecule has 4 heteroatoms. The summed E-state index contributed by atoms with van der Waals surface area (Å²) in [7, 11) is 0. The van der Waals surface area contributed by atoms with Crippen molar-refractivity contribution in [1.29, 1.82) is 0 Å². The molecule has 2 N–H and O–H groups in total. The van der Waals surface area contributed by atoms with Gasteiger partial charge in [-0.2, -0.15) is 0 Å². The van der Waals surface area contributed by atoms with E-state index in [0.29, 0.717) is 16.8 Å². The first-order chi connectivity index (χ1) is 7.09. The second-order valence-electron chi connectivity index (χ2n) is 4.85. The van der Waals surface area contributed by atoms with E-state index in [1.807, 2.05) is 4.90 Å². The Morgan fingerprint density at radius 2 is 2.20 bits per heavy atom. The van der Waals surface area contributed by atoms with Crippen LogP contribution >= 0.6 is 12.2 Å². The lowest BCUT2D eigenvalue weighted by Crippen LogP contribution is -2.44. The molecular weight excluding hydrogens is 208 g/mol. The van der Waals surface area contributed by atoms with Crippen LogP contribution in [0.15, 0.2) is 0 Å². The van der Waals surface area contributed by atoms with Crippen LogP contribution in [0.5, 0.6) is 0 Å². The van der Waals surface area contributed by atoms with Crippen LogP contribution in [0.1, 0.15) is 26.2 Å². The van der Waals surface area contributed by atoms with Crippen molar-refractivity contribution in [3.63, 3.8) is 0 Å². The first-order valence-corrected chi connectivity index (χ1v) is 6.08. The first kappa shape index (κ1) is 10.9. The number of hydrogen-bond acceptors (Lipinski definition) is 2. The maximum atomic E-state index is 12.0. The summed E-state index contributed by atoms with van der Waals surface area (Å²) < 4.78 is 0. The molecule has 0 aromatic rings. The molecule has 3 unspecified atom stereocenters. The summed E-state index contributed by atoms with van der Waals surface area (Å²) in [5, 5.41) is 0. The first-order valence-electron chi connectivity index (χ1n) is 5.67. The molecule has 3 nitrogen and oxygen atoms in total. The Morgan fingerprint density at radius 3 is 2.73 bits per heavy atom. The van der Waals surface area contributed by atoms with Gasteiger partial charge in [0.25, 0.3) is 0 Å². The number of likely N-dealkylation sites (tertiary alicyclic amines) is 1. The minimum Gasteiger partial charge on any atom is -0.393 e. The zero-order chi connectivity index (χ0) is 11.0. The molecule has 2 aliphatic rings. The van der Waals surface area contributed by atoms with E-state index in [1.165, 1.54) is 0 Å². The van der Waals surface area contributed by atoms with E-state index >= 15 is 0 Å². The number of hydrogen-bond donors (Lipinski definition) is 1. The molecule has 0 aromatic heterocycles.